The first kappa shape index (κ1) is 20.4. The number of carbonyl (C=O) groups is 3. The van der Waals surface area contributed by atoms with Gasteiger partial charge in [-0.25, -0.2) is 9.59 Å². The summed E-state index contributed by atoms with van der Waals surface area (Å²) in [5.74, 6) is -0.792. The highest BCUT2D eigenvalue weighted by Crippen LogP contribution is 2.23. The number of rotatable bonds is 7. The van der Waals surface area contributed by atoms with Crippen LogP contribution in [0.3, 0.4) is 0 Å². The van der Waals surface area contributed by atoms with Gasteiger partial charge in [-0.2, -0.15) is 0 Å². The molecule has 0 saturated heterocycles. The number of aromatic amines is 1. The molecule has 2 aromatic rings. The van der Waals surface area contributed by atoms with Crippen molar-refractivity contribution in [3.05, 3.63) is 46.8 Å². The lowest BCUT2D eigenvalue weighted by Gasteiger charge is -2.09. The second-order valence-electron chi connectivity index (χ2n) is 7.12. The molecule has 8 nitrogen and oxygen atoms in total. The maximum Gasteiger partial charge on any atom is 0.339 e. The Balaban J connectivity index is 1.71. The second kappa shape index (κ2) is 8.81. The van der Waals surface area contributed by atoms with Crippen LogP contribution in [-0.4, -0.2) is 36.0 Å². The highest BCUT2D eigenvalue weighted by atomic mass is 16.5. The summed E-state index contributed by atoms with van der Waals surface area (Å²) < 4.78 is 4.86. The maximum absolute atomic E-state index is 12.8. The van der Waals surface area contributed by atoms with E-state index in [0.29, 0.717) is 40.3 Å². The number of urea groups is 1. The molecule has 8 heteroatoms. The molecule has 0 radical (unpaired) electrons. The average molecular weight is 398 g/mol. The number of aryl methyl sites for hydroxylation is 1. The largest absolute Gasteiger partial charge is 0.465 e. The van der Waals surface area contributed by atoms with Crippen molar-refractivity contribution < 1.29 is 19.1 Å². The number of hydrogen-bond donors (Lipinski definition) is 4. The predicted molar refractivity (Wildman–Crippen MR) is 110 cm³/mol. The van der Waals surface area contributed by atoms with Gasteiger partial charge in [-0.3, -0.25) is 4.79 Å². The van der Waals surface area contributed by atoms with Gasteiger partial charge in [0, 0.05) is 23.1 Å². The van der Waals surface area contributed by atoms with Gasteiger partial charge in [0.05, 0.1) is 12.7 Å². The molecule has 0 spiro atoms. The molecular weight excluding hydrogens is 372 g/mol. The third kappa shape index (κ3) is 4.96. The molecule has 154 valence electrons. The van der Waals surface area contributed by atoms with Crippen molar-refractivity contribution >= 4 is 29.3 Å². The van der Waals surface area contributed by atoms with Crippen molar-refractivity contribution in [3.63, 3.8) is 0 Å². The summed E-state index contributed by atoms with van der Waals surface area (Å²) in [6, 6.07) is 6.90. The van der Waals surface area contributed by atoms with E-state index in [4.69, 9.17) is 4.74 Å². The van der Waals surface area contributed by atoms with Crippen LogP contribution in [0.1, 0.15) is 58.3 Å². The number of esters is 1. The van der Waals surface area contributed by atoms with Gasteiger partial charge in [-0.15, -0.1) is 0 Å². The van der Waals surface area contributed by atoms with Crippen molar-refractivity contribution in [2.24, 2.45) is 0 Å². The van der Waals surface area contributed by atoms with E-state index in [1.807, 2.05) is 6.92 Å². The van der Waals surface area contributed by atoms with E-state index in [1.54, 1.807) is 31.2 Å². The van der Waals surface area contributed by atoms with E-state index in [1.165, 1.54) is 7.11 Å². The molecule has 0 aliphatic heterocycles. The number of ether oxygens (including phenoxy) is 1. The molecule has 1 aliphatic carbocycles. The Morgan fingerprint density at radius 3 is 2.28 bits per heavy atom. The molecule has 1 saturated carbocycles. The minimum Gasteiger partial charge on any atom is -0.465 e. The molecule has 1 aromatic heterocycles. The van der Waals surface area contributed by atoms with E-state index < -0.39 is 5.97 Å². The molecule has 0 unspecified atom stereocenters. The fourth-order valence-corrected chi connectivity index (χ4v) is 3.16. The molecule has 4 N–H and O–H groups in total. The predicted octanol–water partition coefficient (Wildman–Crippen LogP) is 3.60. The van der Waals surface area contributed by atoms with Crippen LogP contribution in [0, 0.1) is 6.92 Å². The number of amides is 3. The minimum atomic E-state index is -0.457. The summed E-state index contributed by atoms with van der Waals surface area (Å²) in [7, 11) is 1.32. The molecule has 1 fully saturated rings. The number of H-pyrrole nitrogens is 1. The number of methoxy groups -OCH3 is 1. The first-order valence-electron chi connectivity index (χ1n) is 9.71. The number of anilines is 2. The maximum atomic E-state index is 12.8. The Morgan fingerprint density at radius 2 is 1.72 bits per heavy atom. The van der Waals surface area contributed by atoms with E-state index >= 15 is 0 Å². The topological polar surface area (TPSA) is 112 Å². The number of aromatic nitrogens is 1. The highest BCUT2D eigenvalue weighted by molar-refractivity contribution is 6.07. The van der Waals surface area contributed by atoms with E-state index in [9.17, 15) is 14.4 Å². The summed E-state index contributed by atoms with van der Waals surface area (Å²) in [6.07, 6.45) is 3.41. The SMILES string of the molecule is CCCc1c(C(=O)Nc2ccc(NC(=O)NC3CC3)cc2)[nH]c(C)c1C(=O)OC. The van der Waals surface area contributed by atoms with Crippen LogP contribution >= 0.6 is 0 Å². The molecule has 3 rings (SSSR count). The van der Waals surface area contributed by atoms with Crippen LogP contribution < -0.4 is 16.0 Å². The van der Waals surface area contributed by atoms with Crippen LogP contribution in [-0.2, 0) is 11.2 Å². The third-order valence-electron chi connectivity index (χ3n) is 4.72. The number of benzene rings is 1. The molecule has 1 heterocycles. The summed E-state index contributed by atoms with van der Waals surface area (Å²) >= 11 is 0. The van der Waals surface area contributed by atoms with Crippen molar-refractivity contribution in [2.45, 2.75) is 45.6 Å². The van der Waals surface area contributed by atoms with Crippen molar-refractivity contribution in [2.75, 3.05) is 17.7 Å². The van der Waals surface area contributed by atoms with Gasteiger partial charge in [0.1, 0.15) is 5.69 Å². The van der Waals surface area contributed by atoms with E-state index in [-0.39, 0.29) is 18.0 Å². The zero-order valence-electron chi connectivity index (χ0n) is 16.8. The van der Waals surface area contributed by atoms with Gasteiger partial charge in [-0.1, -0.05) is 13.3 Å². The average Bonchev–Trinajstić information content (AvgIpc) is 3.44. The Labute approximate surface area is 169 Å². The van der Waals surface area contributed by atoms with Crippen molar-refractivity contribution in [3.8, 4) is 0 Å². The summed E-state index contributed by atoms with van der Waals surface area (Å²) in [5, 5.41) is 8.44. The normalized spacial score (nSPS) is 12.9. The molecule has 1 aromatic carbocycles. The van der Waals surface area contributed by atoms with Crippen LogP contribution in [0.5, 0.6) is 0 Å². The van der Waals surface area contributed by atoms with Crippen LogP contribution in [0.15, 0.2) is 24.3 Å². The Morgan fingerprint density at radius 1 is 1.10 bits per heavy atom. The lowest BCUT2D eigenvalue weighted by Crippen LogP contribution is -2.30. The lowest BCUT2D eigenvalue weighted by atomic mass is 10.0. The molecule has 29 heavy (non-hydrogen) atoms. The first-order chi connectivity index (χ1) is 13.9. The van der Waals surface area contributed by atoms with Gasteiger partial charge < -0.3 is 25.7 Å². The third-order valence-corrected chi connectivity index (χ3v) is 4.72. The second-order valence-corrected chi connectivity index (χ2v) is 7.12. The fraction of sp³-hybridized carbons (Fsp3) is 0.381. The van der Waals surface area contributed by atoms with E-state index in [0.717, 1.165) is 19.3 Å². The summed E-state index contributed by atoms with van der Waals surface area (Å²) in [4.78, 5) is 39.7. The Bertz CT molecular complexity index is 914. The number of carbonyl (C=O) groups excluding carboxylic acids is 3. The van der Waals surface area contributed by atoms with Crippen LogP contribution in [0.2, 0.25) is 0 Å². The standard InChI is InChI=1S/C21H26N4O4/c1-4-5-16-17(20(27)29-3)12(2)22-18(16)19(26)23-13-6-8-14(9-7-13)24-21(28)25-15-10-11-15/h6-9,15,22H,4-5,10-11H2,1-3H3,(H,23,26)(H2,24,25,28). The highest BCUT2D eigenvalue weighted by Gasteiger charge is 2.25. The zero-order chi connectivity index (χ0) is 21.0. The lowest BCUT2D eigenvalue weighted by molar-refractivity contribution is 0.0599. The van der Waals surface area contributed by atoms with E-state index in [2.05, 4.69) is 20.9 Å². The molecule has 0 atom stereocenters. The Kier molecular flexibility index (Phi) is 6.21. The number of nitrogens with one attached hydrogen (secondary N) is 4. The Hall–Kier alpha value is -3.29. The van der Waals surface area contributed by atoms with Crippen LogP contribution in [0.25, 0.3) is 0 Å². The number of hydrogen-bond acceptors (Lipinski definition) is 4. The van der Waals surface area contributed by atoms with Gasteiger partial charge in [0.25, 0.3) is 5.91 Å². The van der Waals surface area contributed by atoms with Gasteiger partial charge in [0.2, 0.25) is 0 Å². The molecule has 0 bridgehead atoms. The monoisotopic (exact) mass is 398 g/mol. The smallest absolute Gasteiger partial charge is 0.339 e. The zero-order valence-corrected chi connectivity index (χ0v) is 16.8. The molecule has 1 aliphatic rings. The van der Waals surface area contributed by atoms with Crippen molar-refractivity contribution in [1.82, 2.24) is 10.3 Å². The van der Waals surface area contributed by atoms with Gasteiger partial charge in [0.15, 0.2) is 0 Å². The quantitative estimate of drug-likeness (QED) is 0.534. The van der Waals surface area contributed by atoms with Gasteiger partial charge >= 0.3 is 12.0 Å². The van der Waals surface area contributed by atoms with Gasteiger partial charge in [-0.05, 0) is 56.0 Å². The molecule has 3 amide bonds. The first-order valence-corrected chi connectivity index (χ1v) is 9.71. The minimum absolute atomic E-state index is 0.231. The summed E-state index contributed by atoms with van der Waals surface area (Å²) in [5.41, 5.74) is 3.25. The molecular formula is C21H26N4O4. The van der Waals surface area contributed by atoms with Crippen LogP contribution in [0.4, 0.5) is 16.2 Å². The van der Waals surface area contributed by atoms with Crippen molar-refractivity contribution in [1.29, 1.82) is 0 Å². The fourth-order valence-electron chi connectivity index (χ4n) is 3.16. The summed E-state index contributed by atoms with van der Waals surface area (Å²) in [6.45, 7) is 3.73.